The number of unbranched alkanes of at least 4 members (excludes halogenated alkanes) is 3. The van der Waals surface area contributed by atoms with Crippen LogP contribution in [-0.2, 0) is 28.5 Å². The average molecular weight is 552 g/mol. The molecule has 0 aromatic heterocycles. The number of carbonyl (C=O) groups excluding carboxylic acids is 3. The highest BCUT2D eigenvalue weighted by molar-refractivity contribution is 5.77. The van der Waals surface area contributed by atoms with E-state index in [9.17, 15) is 14.4 Å². The molecule has 0 aromatic carbocycles. The lowest BCUT2D eigenvalue weighted by Crippen LogP contribution is -2.56. The number of nitrogens with one attached hydrogen (secondary N) is 3. The lowest BCUT2D eigenvalue weighted by molar-refractivity contribution is -0.122. The fraction of sp³-hybridized carbons (Fsp3) is 0.828. The van der Waals surface area contributed by atoms with Crippen LogP contribution in [0.2, 0.25) is 0 Å². The quantitative estimate of drug-likeness (QED) is 0.152. The Kier molecular flexibility index (Phi) is 11.6. The van der Waals surface area contributed by atoms with E-state index in [-0.39, 0.29) is 54.1 Å². The van der Waals surface area contributed by atoms with E-state index >= 15 is 0 Å². The zero-order valence-electron chi connectivity index (χ0n) is 24.4. The van der Waals surface area contributed by atoms with Crippen LogP contribution in [0.4, 0.5) is 4.79 Å². The molecule has 3 unspecified atom stereocenters. The number of epoxide rings is 2. The zero-order chi connectivity index (χ0) is 28.5. The van der Waals surface area contributed by atoms with Crippen LogP contribution in [0.1, 0.15) is 85.5 Å². The predicted molar refractivity (Wildman–Crippen MR) is 147 cm³/mol. The molecule has 222 valence electrons. The third-order valence-corrected chi connectivity index (χ3v) is 8.19. The number of allylic oxidation sites excluding steroid dienone is 1. The van der Waals surface area contributed by atoms with Gasteiger partial charge >= 0.3 is 6.09 Å². The molecule has 39 heavy (non-hydrogen) atoms. The van der Waals surface area contributed by atoms with Gasteiger partial charge in [0.25, 0.3) is 0 Å². The number of amides is 3. The molecule has 1 saturated carbocycles. The maximum Gasteiger partial charge on any atom is 0.407 e. The van der Waals surface area contributed by atoms with Gasteiger partial charge in [-0.25, -0.2) is 4.79 Å². The van der Waals surface area contributed by atoms with Crippen LogP contribution in [0.5, 0.6) is 0 Å². The molecule has 3 amide bonds. The molecule has 3 aliphatic rings. The van der Waals surface area contributed by atoms with Gasteiger partial charge in [-0.2, -0.15) is 0 Å². The minimum absolute atomic E-state index is 0.0296. The van der Waals surface area contributed by atoms with E-state index in [2.05, 4.69) is 42.8 Å². The Bertz CT molecular complexity index is 871. The van der Waals surface area contributed by atoms with E-state index in [1.54, 1.807) is 7.11 Å². The highest BCUT2D eigenvalue weighted by atomic mass is 16.6. The van der Waals surface area contributed by atoms with E-state index in [1.165, 1.54) is 5.57 Å². The smallest absolute Gasteiger partial charge is 0.407 e. The fourth-order valence-electron chi connectivity index (χ4n) is 5.80. The molecule has 10 nitrogen and oxygen atoms in total. The monoisotopic (exact) mass is 551 g/mol. The van der Waals surface area contributed by atoms with Crippen molar-refractivity contribution in [3.05, 3.63) is 11.6 Å². The Morgan fingerprint density at radius 2 is 1.67 bits per heavy atom. The van der Waals surface area contributed by atoms with E-state index in [0.29, 0.717) is 32.5 Å². The topological polar surface area (TPSA) is 131 Å². The summed E-state index contributed by atoms with van der Waals surface area (Å²) >= 11 is 0. The third kappa shape index (κ3) is 8.91. The number of rotatable bonds is 16. The van der Waals surface area contributed by atoms with Crippen LogP contribution in [0, 0.1) is 5.92 Å². The summed E-state index contributed by atoms with van der Waals surface area (Å²) in [5.41, 5.74) is 0.605. The van der Waals surface area contributed by atoms with Crippen molar-refractivity contribution in [2.24, 2.45) is 5.92 Å². The Hall–Kier alpha value is -2.17. The summed E-state index contributed by atoms with van der Waals surface area (Å²) in [5, 5.41) is 8.45. The number of hydrogen-bond donors (Lipinski definition) is 3. The van der Waals surface area contributed by atoms with Gasteiger partial charge in [-0.3, -0.25) is 9.59 Å². The highest BCUT2D eigenvalue weighted by Crippen LogP contribution is 2.59. The summed E-state index contributed by atoms with van der Waals surface area (Å²) in [6.07, 6.45) is 7.80. The molecule has 3 N–H and O–H groups in total. The van der Waals surface area contributed by atoms with Crippen molar-refractivity contribution in [2.75, 3.05) is 33.4 Å². The second-order valence-corrected chi connectivity index (χ2v) is 11.5. The Morgan fingerprint density at radius 3 is 2.26 bits per heavy atom. The zero-order valence-corrected chi connectivity index (χ0v) is 24.4. The standard InChI is InChI=1S/C29H49N3O7/c1-6-23(33)30-16-9-7-8-10-17-31-24(34)14-18-32-27(35)38-21-13-15-29(19-37-29)26(25(21)36-5)28(4)22(39-28)12-11-20(2)3/h11,21-22,25-26H,6-10,12-19H2,1-5H3,(H,30,33)(H,31,34)(H,32,35)/t21?,22-,25?,26?,28-,29+/m1/s1. The summed E-state index contributed by atoms with van der Waals surface area (Å²) in [7, 11) is 1.65. The van der Waals surface area contributed by atoms with E-state index in [4.69, 9.17) is 18.9 Å². The predicted octanol–water partition coefficient (Wildman–Crippen LogP) is 3.38. The second kappa shape index (κ2) is 14.5. The number of ether oxygens (including phenoxy) is 4. The van der Waals surface area contributed by atoms with Gasteiger partial charge in [0.2, 0.25) is 11.8 Å². The first-order valence-corrected chi connectivity index (χ1v) is 14.6. The van der Waals surface area contributed by atoms with Gasteiger partial charge in [-0.1, -0.05) is 31.4 Å². The molecule has 2 aliphatic heterocycles. The Balaban J connectivity index is 1.34. The molecule has 3 fully saturated rings. The van der Waals surface area contributed by atoms with Crippen LogP contribution in [-0.4, -0.2) is 80.8 Å². The molecule has 2 heterocycles. The fourth-order valence-corrected chi connectivity index (χ4v) is 5.80. The van der Waals surface area contributed by atoms with Crippen LogP contribution < -0.4 is 16.0 Å². The highest BCUT2D eigenvalue weighted by Gasteiger charge is 2.72. The average Bonchev–Trinajstić information content (AvgIpc) is 3.82. The van der Waals surface area contributed by atoms with Gasteiger partial charge in [0.1, 0.15) is 23.4 Å². The van der Waals surface area contributed by atoms with Crippen molar-refractivity contribution in [3.8, 4) is 0 Å². The van der Waals surface area contributed by atoms with Crippen molar-refractivity contribution >= 4 is 17.9 Å². The van der Waals surface area contributed by atoms with Gasteiger partial charge in [-0.15, -0.1) is 0 Å². The SMILES string of the molecule is CCC(=O)NCCCCCCNC(=O)CCNC(=O)OC1CC[C@]2(CO2)C([C@]2(C)O[C@@H]2CC=C(C)C)C1OC. The molecule has 0 bridgehead atoms. The molecule has 1 aliphatic carbocycles. The van der Waals surface area contributed by atoms with Crippen molar-refractivity contribution < 1.29 is 33.3 Å². The molecule has 2 saturated heterocycles. The molecule has 1 spiro atoms. The van der Waals surface area contributed by atoms with Crippen molar-refractivity contribution in [2.45, 2.75) is 115 Å². The van der Waals surface area contributed by atoms with E-state index in [1.807, 2.05) is 6.92 Å². The molecule has 3 rings (SSSR count). The minimum atomic E-state index is -0.542. The van der Waals surface area contributed by atoms with Crippen molar-refractivity contribution in [1.82, 2.24) is 16.0 Å². The molecule has 0 aromatic rings. The lowest BCUT2D eigenvalue weighted by atomic mass is 9.68. The van der Waals surface area contributed by atoms with Gasteiger partial charge in [0.15, 0.2) is 0 Å². The summed E-state index contributed by atoms with van der Waals surface area (Å²) in [6.45, 7) is 10.3. The largest absolute Gasteiger partial charge is 0.443 e. The molecule has 10 heteroatoms. The van der Waals surface area contributed by atoms with Crippen LogP contribution in [0.25, 0.3) is 0 Å². The van der Waals surface area contributed by atoms with E-state index < -0.39 is 12.2 Å². The normalized spacial score (nSPS) is 30.8. The maximum absolute atomic E-state index is 12.6. The summed E-state index contributed by atoms with van der Waals surface area (Å²) in [5.74, 6) is -0.0569. The number of alkyl carbamates (subject to hydrolysis) is 1. The van der Waals surface area contributed by atoms with Gasteiger partial charge in [0.05, 0.1) is 18.6 Å². The first kappa shape index (κ1) is 31.4. The van der Waals surface area contributed by atoms with E-state index in [0.717, 1.165) is 38.5 Å². The lowest BCUT2D eigenvalue weighted by Gasteiger charge is -2.42. The number of methoxy groups -OCH3 is 1. The van der Waals surface area contributed by atoms with Crippen molar-refractivity contribution in [1.29, 1.82) is 0 Å². The van der Waals surface area contributed by atoms with Crippen LogP contribution in [0.15, 0.2) is 11.6 Å². The molecular weight excluding hydrogens is 502 g/mol. The first-order valence-electron chi connectivity index (χ1n) is 14.6. The molecule has 0 radical (unpaired) electrons. The van der Waals surface area contributed by atoms with Gasteiger partial charge in [-0.05, 0) is 52.9 Å². The Morgan fingerprint density at radius 1 is 1.00 bits per heavy atom. The third-order valence-electron chi connectivity index (χ3n) is 8.19. The molecule has 6 atom stereocenters. The maximum atomic E-state index is 12.6. The summed E-state index contributed by atoms with van der Waals surface area (Å²) < 4.78 is 23.9. The van der Waals surface area contributed by atoms with Gasteiger partial charge < -0.3 is 34.9 Å². The van der Waals surface area contributed by atoms with Crippen LogP contribution in [0.3, 0.4) is 0 Å². The van der Waals surface area contributed by atoms with Crippen LogP contribution >= 0.6 is 0 Å². The van der Waals surface area contributed by atoms with Gasteiger partial charge in [0, 0.05) is 39.6 Å². The number of carbonyl (C=O) groups is 3. The number of hydrogen-bond acceptors (Lipinski definition) is 7. The summed E-state index contributed by atoms with van der Waals surface area (Å²) in [4.78, 5) is 35.9. The minimum Gasteiger partial charge on any atom is -0.443 e. The molecular formula is C29H49N3O7. The Labute approximate surface area is 233 Å². The first-order chi connectivity index (χ1) is 18.6. The summed E-state index contributed by atoms with van der Waals surface area (Å²) in [6, 6.07) is 0. The second-order valence-electron chi connectivity index (χ2n) is 11.5. The van der Waals surface area contributed by atoms with Crippen molar-refractivity contribution in [3.63, 3.8) is 0 Å².